The van der Waals surface area contributed by atoms with Crippen LogP contribution in [0.3, 0.4) is 0 Å². The fraction of sp³-hybridized carbons (Fsp3) is 0.286. The lowest BCUT2D eigenvalue weighted by molar-refractivity contribution is 0.0342. The Morgan fingerprint density at radius 2 is 1.97 bits per heavy atom. The summed E-state index contributed by atoms with van der Waals surface area (Å²) in [5, 5.41) is 11.7. The van der Waals surface area contributed by atoms with Crippen LogP contribution in [0.5, 0.6) is 0 Å². The van der Waals surface area contributed by atoms with Crippen molar-refractivity contribution in [3.8, 4) is 0 Å². The lowest BCUT2D eigenvalue weighted by Gasteiger charge is -2.26. The normalized spacial score (nSPS) is 14.7. The van der Waals surface area contributed by atoms with Gasteiger partial charge in [0, 0.05) is 42.8 Å². The molecule has 1 amide bonds. The second-order valence-electron chi connectivity index (χ2n) is 6.89. The Bertz CT molecular complexity index is 967. The van der Waals surface area contributed by atoms with Crippen LogP contribution >= 0.6 is 11.8 Å². The minimum Gasteiger partial charge on any atom is -0.379 e. The number of aromatic nitrogens is 3. The van der Waals surface area contributed by atoms with Gasteiger partial charge in [0.2, 0.25) is 0 Å². The fourth-order valence-corrected chi connectivity index (χ4v) is 3.87. The maximum Gasteiger partial charge on any atom is 0.255 e. The molecule has 0 spiro atoms. The SMILES string of the molecule is Cn1cnnc1Sc1ccc(NC(=O)c2cccc(CN3CCOCC3)c2)cc1. The van der Waals surface area contributed by atoms with Crippen molar-refractivity contribution in [3.05, 3.63) is 66.0 Å². The molecule has 1 saturated heterocycles. The number of amides is 1. The van der Waals surface area contributed by atoms with Gasteiger partial charge in [-0.1, -0.05) is 12.1 Å². The zero-order valence-corrected chi connectivity index (χ0v) is 17.1. The lowest BCUT2D eigenvalue weighted by Crippen LogP contribution is -2.35. The summed E-state index contributed by atoms with van der Waals surface area (Å²) >= 11 is 1.53. The Kier molecular flexibility index (Phi) is 6.24. The molecular weight excluding hydrogens is 386 g/mol. The Hall–Kier alpha value is -2.68. The van der Waals surface area contributed by atoms with E-state index in [0.717, 1.165) is 54.2 Å². The number of carbonyl (C=O) groups excluding carboxylic acids is 1. The third-order valence-corrected chi connectivity index (χ3v) is 5.75. The summed E-state index contributed by atoms with van der Waals surface area (Å²) < 4.78 is 7.26. The van der Waals surface area contributed by atoms with Gasteiger partial charge in [0.1, 0.15) is 6.33 Å². The zero-order valence-electron chi connectivity index (χ0n) is 16.2. The second kappa shape index (κ2) is 9.21. The van der Waals surface area contributed by atoms with Crippen LogP contribution < -0.4 is 5.32 Å². The van der Waals surface area contributed by atoms with Crippen molar-refractivity contribution in [1.82, 2.24) is 19.7 Å². The average Bonchev–Trinajstić information content (AvgIpc) is 3.15. The molecule has 0 radical (unpaired) electrons. The first-order valence-electron chi connectivity index (χ1n) is 9.50. The highest BCUT2D eigenvalue weighted by atomic mass is 32.2. The molecule has 0 unspecified atom stereocenters. The van der Waals surface area contributed by atoms with Crippen molar-refractivity contribution in [3.63, 3.8) is 0 Å². The van der Waals surface area contributed by atoms with E-state index in [9.17, 15) is 4.79 Å². The first kappa shape index (κ1) is 19.6. The van der Waals surface area contributed by atoms with Gasteiger partial charge in [-0.2, -0.15) is 0 Å². The molecule has 1 aliphatic heterocycles. The largest absolute Gasteiger partial charge is 0.379 e. The maximum atomic E-state index is 12.7. The quantitative estimate of drug-likeness (QED) is 0.675. The predicted molar refractivity (Wildman–Crippen MR) is 112 cm³/mol. The Morgan fingerprint density at radius 3 is 2.69 bits per heavy atom. The third-order valence-electron chi connectivity index (χ3n) is 4.69. The van der Waals surface area contributed by atoms with E-state index in [1.807, 2.05) is 54.1 Å². The molecule has 1 fully saturated rings. The Labute approximate surface area is 174 Å². The lowest BCUT2D eigenvalue weighted by atomic mass is 10.1. The number of aryl methyl sites for hydroxylation is 1. The highest BCUT2D eigenvalue weighted by Gasteiger charge is 2.12. The molecule has 29 heavy (non-hydrogen) atoms. The molecule has 2 heterocycles. The molecule has 1 aliphatic rings. The number of hydrogen-bond donors (Lipinski definition) is 1. The summed E-state index contributed by atoms with van der Waals surface area (Å²) in [5.74, 6) is -0.109. The first-order valence-corrected chi connectivity index (χ1v) is 10.3. The summed E-state index contributed by atoms with van der Waals surface area (Å²) in [4.78, 5) is 16.0. The van der Waals surface area contributed by atoms with Gasteiger partial charge in [0.05, 0.1) is 13.2 Å². The van der Waals surface area contributed by atoms with Crippen LogP contribution in [0.25, 0.3) is 0 Å². The zero-order chi connectivity index (χ0) is 20.1. The summed E-state index contributed by atoms with van der Waals surface area (Å²) in [6.45, 7) is 4.22. The van der Waals surface area contributed by atoms with Crippen LogP contribution in [-0.2, 0) is 18.3 Å². The fourth-order valence-electron chi connectivity index (χ4n) is 3.11. The molecule has 4 rings (SSSR count). The van der Waals surface area contributed by atoms with Crippen molar-refractivity contribution < 1.29 is 9.53 Å². The number of nitrogens with zero attached hydrogens (tertiary/aromatic N) is 4. The van der Waals surface area contributed by atoms with Crippen molar-refractivity contribution in [2.24, 2.45) is 7.05 Å². The molecule has 0 saturated carbocycles. The Balaban J connectivity index is 1.37. The van der Waals surface area contributed by atoms with Crippen molar-refractivity contribution in [2.75, 3.05) is 31.6 Å². The van der Waals surface area contributed by atoms with Gasteiger partial charge in [-0.3, -0.25) is 9.69 Å². The highest BCUT2D eigenvalue weighted by molar-refractivity contribution is 7.99. The predicted octanol–water partition coefficient (Wildman–Crippen LogP) is 3.05. The maximum absolute atomic E-state index is 12.7. The van der Waals surface area contributed by atoms with E-state index in [2.05, 4.69) is 26.5 Å². The summed E-state index contributed by atoms with van der Waals surface area (Å²) in [7, 11) is 1.91. The second-order valence-corrected chi connectivity index (χ2v) is 7.93. The number of nitrogens with one attached hydrogen (secondary N) is 1. The van der Waals surface area contributed by atoms with E-state index in [-0.39, 0.29) is 5.91 Å². The minimum absolute atomic E-state index is 0.109. The standard InChI is InChI=1S/C21H23N5O2S/c1-25-15-22-24-21(25)29-19-7-5-18(6-8-19)23-20(27)17-4-2-3-16(13-17)14-26-9-11-28-12-10-26/h2-8,13,15H,9-12,14H2,1H3,(H,23,27). The van der Waals surface area contributed by atoms with Gasteiger partial charge in [-0.05, 0) is 53.7 Å². The van der Waals surface area contributed by atoms with Crippen LogP contribution in [0, 0.1) is 0 Å². The molecule has 2 aromatic carbocycles. The molecule has 7 nitrogen and oxygen atoms in total. The molecule has 150 valence electrons. The highest BCUT2D eigenvalue weighted by Crippen LogP contribution is 2.26. The van der Waals surface area contributed by atoms with E-state index in [4.69, 9.17) is 4.74 Å². The van der Waals surface area contributed by atoms with Crippen molar-refractivity contribution in [1.29, 1.82) is 0 Å². The Morgan fingerprint density at radius 1 is 1.17 bits per heavy atom. The van der Waals surface area contributed by atoms with Crippen LogP contribution in [0.15, 0.2) is 64.9 Å². The smallest absolute Gasteiger partial charge is 0.255 e. The molecule has 1 aromatic heterocycles. The summed E-state index contributed by atoms with van der Waals surface area (Å²) in [6.07, 6.45) is 1.67. The molecular formula is C21H23N5O2S. The number of morpholine rings is 1. The van der Waals surface area contributed by atoms with Gasteiger partial charge in [-0.25, -0.2) is 0 Å². The third kappa shape index (κ3) is 5.23. The van der Waals surface area contributed by atoms with E-state index in [1.54, 1.807) is 6.33 Å². The molecule has 0 atom stereocenters. The van der Waals surface area contributed by atoms with Gasteiger partial charge < -0.3 is 14.6 Å². The van der Waals surface area contributed by atoms with Crippen LogP contribution in [0.2, 0.25) is 0 Å². The van der Waals surface area contributed by atoms with Gasteiger partial charge in [-0.15, -0.1) is 10.2 Å². The number of carbonyl (C=O) groups is 1. The summed E-state index contributed by atoms with van der Waals surface area (Å²) in [6, 6.07) is 15.5. The van der Waals surface area contributed by atoms with Crippen molar-refractivity contribution >= 4 is 23.4 Å². The van der Waals surface area contributed by atoms with Crippen LogP contribution in [0.4, 0.5) is 5.69 Å². The number of ether oxygens (including phenoxy) is 1. The molecule has 1 N–H and O–H groups in total. The number of anilines is 1. The number of hydrogen-bond acceptors (Lipinski definition) is 6. The van der Waals surface area contributed by atoms with Crippen LogP contribution in [-0.4, -0.2) is 51.9 Å². The van der Waals surface area contributed by atoms with E-state index in [0.29, 0.717) is 5.56 Å². The van der Waals surface area contributed by atoms with Gasteiger partial charge >= 0.3 is 0 Å². The number of benzene rings is 2. The van der Waals surface area contributed by atoms with Gasteiger partial charge in [0.15, 0.2) is 5.16 Å². The van der Waals surface area contributed by atoms with E-state index < -0.39 is 0 Å². The molecule has 8 heteroatoms. The average molecular weight is 410 g/mol. The first-order chi connectivity index (χ1) is 14.2. The monoisotopic (exact) mass is 409 g/mol. The van der Waals surface area contributed by atoms with Gasteiger partial charge in [0.25, 0.3) is 5.91 Å². The summed E-state index contributed by atoms with van der Waals surface area (Å²) in [5.41, 5.74) is 2.55. The molecule has 0 bridgehead atoms. The minimum atomic E-state index is -0.109. The van der Waals surface area contributed by atoms with Crippen LogP contribution in [0.1, 0.15) is 15.9 Å². The van der Waals surface area contributed by atoms with E-state index in [1.165, 1.54) is 11.8 Å². The molecule has 3 aromatic rings. The van der Waals surface area contributed by atoms with Crippen molar-refractivity contribution in [2.45, 2.75) is 16.6 Å². The number of rotatable bonds is 6. The van der Waals surface area contributed by atoms with E-state index >= 15 is 0 Å². The molecule has 0 aliphatic carbocycles. The topological polar surface area (TPSA) is 72.3 Å².